The summed E-state index contributed by atoms with van der Waals surface area (Å²) in [7, 11) is -2.71. The second-order valence-corrected chi connectivity index (χ2v) is 15.0. The van der Waals surface area contributed by atoms with Crippen LogP contribution in [-0.4, -0.2) is 55.3 Å². The number of ether oxygens (including phenoxy) is 1. The molecule has 1 N–H and O–H groups in total. The van der Waals surface area contributed by atoms with Crippen LogP contribution in [0.1, 0.15) is 48.0 Å². The summed E-state index contributed by atoms with van der Waals surface area (Å²) >= 11 is 0. The van der Waals surface area contributed by atoms with Crippen LogP contribution in [0.4, 0.5) is 4.79 Å². The molecule has 6 heteroatoms. The van der Waals surface area contributed by atoms with E-state index in [4.69, 9.17) is 9.16 Å². The van der Waals surface area contributed by atoms with Crippen molar-refractivity contribution >= 4 is 24.8 Å². The molecule has 0 aromatic heterocycles. The van der Waals surface area contributed by atoms with Gasteiger partial charge in [0, 0.05) is 0 Å². The molecule has 5 nitrogen and oxygen atoms in total. The summed E-state index contributed by atoms with van der Waals surface area (Å²) in [5, 5.41) is 12.6. The van der Waals surface area contributed by atoms with Gasteiger partial charge in [0.05, 0.1) is 25.3 Å². The highest BCUT2D eigenvalue weighted by atomic mass is 28.4. The smallest absolute Gasteiger partial charge is 0.410 e. The predicted molar refractivity (Wildman–Crippen MR) is 131 cm³/mol. The molecule has 2 aromatic carbocycles. The third kappa shape index (κ3) is 5.25. The van der Waals surface area contributed by atoms with E-state index < -0.39 is 26.1 Å². The maximum atomic E-state index is 12.8. The third-order valence-corrected chi connectivity index (χ3v) is 10.9. The van der Waals surface area contributed by atoms with E-state index in [2.05, 4.69) is 69.3 Å². The summed E-state index contributed by atoms with van der Waals surface area (Å²) in [6, 6.07) is 20.6. The van der Waals surface area contributed by atoms with Crippen molar-refractivity contribution in [1.82, 2.24) is 4.90 Å². The molecule has 0 aliphatic carbocycles. The molecule has 1 unspecified atom stereocenters. The van der Waals surface area contributed by atoms with E-state index in [0.29, 0.717) is 13.0 Å². The molecule has 0 saturated carbocycles. The zero-order chi connectivity index (χ0) is 23.6. The van der Waals surface area contributed by atoms with Crippen LogP contribution in [0.2, 0.25) is 5.04 Å². The normalized spacial score (nSPS) is 19.8. The van der Waals surface area contributed by atoms with E-state index in [0.717, 1.165) is 0 Å². The predicted octanol–water partition coefficient (Wildman–Crippen LogP) is 3.93. The van der Waals surface area contributed by atoms with Crippen LogP contribution in [0.3, 0.4) is 0 Å². The van der Waals surface area contributed by atoms with Crippen LogP contribution in [-0.2, 0) is 9.16 Å². The minimum Gasteiger partial charge on any atom is -0.444 e. The van der Waals surface area contributed by atoms with E-state index in [9.17, 15) is 9.90 Å². The van der Waals surface area contributed by atoms with Crippen molar-refractivity contribution in [2.45, 2.75) is 70.7 Å². The summed E-state index contributed by atoms with van der Waals surface area (Å²) in [6.45, 7) is 12.9. The molecule has 1 amide bonds. The molecular weight excluding hydrogens is 418 g/mol. The minimum atomic E-state index is -2.71. The van der Waals surface area contributed by atoms with Crippen molar-refractivity contribution < 1.29 is 19.1 Å². The second kappa shape index (κ2) is 9.38. The van der Waals surface area contributed by atoms with Gasteiger partial charge in [0.25, 0.3) is 8.32 Å². The maximum absolute atomic E-state index is 12.8. The van der Waals surface area contributed by atoms with Gasteiger partial charge in [-0.25, -0.2) is 4.79 Å². The summed E-state index contributed by atoms with van der Waals surface area (Å²) < 4.78 is 12.6. The molecule has 1 saturated heterocycles. The number of hydrogen-bond acceptors (Lipinski definition) is 4. The number of aliphatic hydroxyl groups excluding tert-OH is 1. The fourth-order valence-electron chi connectivity index (χ4n) is 4.58. The number of amides is 1. The first kappa shape index (κ1) is 24.5. The van der Waals surface area contributed by atoms with E-state index in [1.54, 1.807) is 4.90 Å². The van der Waals surface area contributed by atoms with Crippen molar-refractivity contribution in [3.63, 3.8) is 0 Å². The quantitative estimate of drug-likeness (QED) is 0.694. The Labute approximate surface area is 193 Å². The maximum Gasteiger partial charge on any atom is 0.410 e. The molecule has 1 heterocycles. The molecule has 2 aromatic rings. The number of β-amino-alcohol motifs (C(OH)–C–C–N with tert-alkyl or cyclic N) is 1. The molecule has 1 fully saturated rings. The number of rotatable bonds is 5. The Hall–Kier alpha value is -2.15. The highest BCUT2D eigenvalue weighted by molar-refractivity contribution is 6.99. The van der Waals surface area contributed by atoms with Crippen LogP contribution in [0.15, 0.2) is 60.7 Å². The van der Waals surface area contributed by atoms with Gasteiger partial charge < -0.3 is 19.2 Å². The summed E-state index contributed by atoms with van der Waals surface area (Å²) in [4.78, 5) is 14.5. The summed E-state index contributed by atoms with van der Waals surface area (Å²) in [5.74, 6) is 0. The Bertz CT molecular complexity index is 850. The summed E-state index contributed by atoms with van der Waals surface area (Å²) in [5.41, 5.74) is -0.589. The highest BCUT2D eigenvalue weighted by Gasteiger charge is 2.51. The van der Waals surface area contributed by atoms with Crippen molar-refractivity contribution in [1.29, 1.82) is 0 Å². The lowest BCUT2D eigenvalue weighted by molar-refractivity contribution is 0.0169. The van der Waals surface area contributed by atoms with E-state index in [1.807, 2.05) is 32.9 Å². The minimum absolute atomic E-state index is 0.149. The Morgan fingerprint density at radius 1 is 0.969 bits per heavy atom. The lowest BCUT2D eigenvalue weighted by atomic mass is 10.2. The molecular formula is C26H37NO4Si. The van der Waals surface area contributed by atoms with Crippen LogP contribution < -0.4 is 10.4 Å². The van der Waals surface area contributed by atoms with Gasteiger partial charge in [-0.3, -0.25) is 0 Å². The second-order valence-electron chi connectivity index (χ2n) is 10.7. The summed E-state index contributed by atoms with van der Waals surface area (Å²) in [6.07, 6.45) is -0.488. The average Bonchev–Trinajstić information content (AvgIpc) is 3.09. The van der Waals surface area contributed by atoms with Crippen LogP contribution in [0.5, 0.6) is 0 Å². The molecule has 0 spiro atoms. The van der Waals surface area contributed by atoms with Gasteiger partial charge in [-0.15, -0.1) is 0 Å². The number of carbonyl (C=O) groups is 1. The number of aliphatic hydroxyl groups is 1. The number of hydrogen-bond donors (Lipinski definition) is 1. The van der Waals surface area contributed by atoms with E-state index >= 15 is 0 Å². The van der Waals surface area contributed by atoms with Crippen LogP contribution in [0, 0.1) is 0 Å². The van der Waals surface area contributed by atoms with Crippen molar-refractivity contribution in [2.75, 3.05) is 13.2 Å². The zero-order valence-corrected chi connectivity index (χ0v) is 21.2. The van der Waals surface area contributed by atoms with Crippen molar-refractivity contribution in [3.8, 4) is 0 Å². The third-order valence-electron chi connectivity index (χ3n) is 5.93. The number of nitrogens with zero attached hydrogens (tertiary/aromatic N) is 1. The Kier molecular flexibility index (Phi) is 7.17. The van der Waals surface area contributed by atoms with Gasteiger partial charge in [-0.1, -0.05) is 81.4 Å². The topological polar surface area (TPSA) is 59.0 Å². The average molecular weight is 456 g/mol. The van der Waals surface area contributed by atoms with E-state index in [1.165, 1.54) is 10.4 Å². The van der Waals surface area contributed by atoms with Gasteiger partial charge in [-0.2, -0.15) is 0 Å². The lowest BCUT2D eigenvalue weighted by Crippen LogP contribution is -2.67. The molecule has 3 rings (SSSR count). The number of benzene rings is 2. The highest BCUT2D eigenvalue weighted by Crippen LogP contribution is 2.37. The monoisotopic (exact) mass is 455 g/mol. The van der Waals surface area contributed by atoms with E-state index in [-0.39, 0.29) is 17.6 Å². The Morgan fingerprint density at radius 3 is 1.91 bits per heavy atom. The molecule has 32 heavy (non-hydrogen) atoms. The largest absolute Gasteiger partial charge is 0.444 e. The van der Waals surface area contributed by atoms with Gasteiger partial charge in [0.15, 0.2) is 0 Å². The first-order valence-corrected chi connectivity index (χ1v) is 13.3. The first-order chi connectivity index (χ1) is 14.9. The Balaban J connectivity index is 1.96. The van der Waals surface area contributed by atoms with Crippen molar-refractivity contribution in [3.05, 3.63) is 60.7 Å². The molecule has 0 radical (unpaired) electrons. The first-order valence-electron chi connectivity index (χ1n) is 11.4. The zero-order valence-electron chi connectivity index (χ0n) is 20.2. The molecule has 1 aliphatic heterocycles. The van der Waals surface area contributed by atoms with Gasteiger partial charge in [-0.05, 0) is 42.6 Å². The van der Waals surface area contributed by atoms with Crippen LogP contribution >= 0.6 is 0 Å². The molecule has 1 aliphatic rings. The Morgan fingerprint density at radius 2 is 1.47 bits per heavy atom. The molecule has 2 atom stereocenters. The van der Waals surface area contributed by atoms with Gasteiger partial charge in [0.1, 0.15) is 5.60 Å². The van der Waals surface area contributed by atoms with Gasteiger partial charge in [0.2, 0.25) is 0 Å². The fraction of sp³-hybridized carbons (Fsp3) is 0.500. The fourth-order valence-corrected chi connectivity index (χ4v) is 9.17. The van der Waals surface area contributed by atoms with Gasteiger partial charge >= 0.3 is 6.09 Å². The lowest BCUT2D eigenvalue weighted by Gasteiger charge is -2.44. The van der Waals surface area contributed by atoms with Crippen LogP contribution in [0.25, 0.3) is 0 Å². The SMILES string of the molecule is CC(C)(C)OC(=O)N1CC(O)C[C@H]1CO[Si](c1ccccc1)(c1ccccc1)C(C)(C)C. The standard InChI is InChI=1S/C26H37NO4Si/c1-25(2,3)31-24(29)27-18-21(28)17-20(27)19-30-32(26(4,5)6,22-13-9-7-10-14-22)23-15-11-8-12-16-23/h7-16,20-21,28H,17-19H2,1-6H3/t20-,21?/m0/s1. The molecule has 0 bridgehead atoms. The molecule has 174 valence electrons. The van der Waals surface area contributed by atoms with Crippen molar-refractivity contribution in [2.24, 2.45) is 0 Å². The number of carbonyl (C=O) groups excluding carboxylic acids is 1. The number of likely N-dealkylation sites (tertiary alicyclic amines) is 1.